The van der Waals surface area contributed by atoms with Crippen LogP contribution in [0.5, 0.6) is 0 Å². The second-order valence-electron chi connectivity index (χ2n) is 5.90. The predicted molar refractivity (Wildman–Crippen MR) is 93.8 cm³/mol. The van der Waals surface area contributed by atoms with Crippen molar-refractivity contribution in [3.63, 3.8) is 0 Å². The molecule has 1 aromatic carbocycles. The number of amides is 1. The fraction of sp³-hybridized carbons (Fsp3) is 0.353. The summed E-state index contributed by atoms with van der Waals surface area (Å²) in [4.78, 5) is 22.9. The summed E-state index contributed by atoms with van der Waals surface area (Å²) in [5.74, 6) is 1.05. The Balaban J connectivity index is 1.69. The predicted octanol–water partition coefficient (Wildman–Crippen LogP) is 3.85. The highest BCUT2D eigenvalue weighted by atomic mass is 79.9. The summed E-state index contributed by atoms with van der Waals surface area (Å²) in [6, 6.07) is 7.75. The van der Waals surface area contributed by atoms with Crippen LogP contribution in [0, 0.1) is 5.92 Å². The van der Waals surface area contributed by atoms with Gasteiger partial charge in [0, 0.05) is 30.0 Å². The van der Waals surface area contributed by atoms with E-state index < -0.39 is 0 Å². The first-order valence-electron chi connectivity index (χ1n) is 7.76. The van der Waals surface area contributed by atoms with E-state index in [1.165, 1.54) is 6.42 Å². The minimum Gasteiger partial charge on any atom is -0.338 e. The zero-order valence-electron chi connectivity index (χ0n) is 13.0. The fourth-order valence-electron chi connectivity index (χ4n) is 2.74. The third-order valence-corrected chi connectivity index (χ3v) is 4.65. The maximum Gasteiger partial charge on any atom is 0.257 e. The van der Waals surface area contributed by atoms with E-state index in [2.05, 4.69) is 38.1 Å². The van der Waals surface area contributed by atoms with Crippen LogP contribution >= 0.6 is 15.9 Å². The number of anilines is 2. The molecule has 1 aliphatic rings. The van der Waals surface area contributed by atoms with Gasteiger partial charge >= 0.3 is 0 Å². The van der Waals surface area contributed by atoms with Gasteiger partial charge in [-0.2, -0.15) is 0 Å². The van der Waals surface area contributed by atoms with Crippen molar-refractivity contribution in [3.8, 4) is 0 Å². The Bertz CT molecular complexity index is 689. The molecule has 1 aromatic heterocycles. The van der Waals surface area contributed by atoms with Gasteiger partial charge in [-0.15, -0.1) is 0 Å². The van der Waals surface area contributed by atoms with E-state index in [0.717, 1.165) is 29.7 Å². The topological polar surface area (TPSA) is 58.1 Å². The summed E-state index contributed by atoms with van der Waals surface area (Å²) in [7, 11) is 0. The Morgan fingerprint density at radius 1 is 1.30 bits per heavy atom. The van der Waals surface area contributed by atoms with Crippen LogP contribution < -0.4 is 5.32 Å². The number of carbonyl (C=O) groups is 1. The van der Waals surface area contributed by atoms with Crippen LogP contribution in [0.25, 0.3) is 0 Å². The molecule has 6 heteroatoms. The van der Waals surface area contributed by atoms with Crippen molar-refractivity contribution in [2.45, 2.75) is 19.8 Å². The Hall–Kier alpha value is -1.95. The number of hydrogen-bond acceptors (Lipinski definition) is 4. The van der Waals surface area contributed by atoms with Crippen LogP contribution in [0.15, 0.2) is 41.1 Å². The fourth-order valence-corrected chi connectivity index (χ4v) is 3.13. The molecule has 0 radical (unpaired) electrons. The highest BCUT2D eigenvalue weighted by Crippen LogP contribution is 2.23. The quantitative estimate of drug-likeness (QED) is 0.885. The number of piperidine rings is 1. The van der Waals surface area contributed by atoms with Gasteiger partial charge in [0.15, 0.2) is 0 Å². The maximum absolute atomic E-state index is 12.5. The second-order valence-corrected chi connectivity index (χ2v) is 6.75. The van der Waals surface area contributed by atoms with E-state index in [4.69, 9.17) is 0 Å². The van der Waals surface area contributed by atoms with E-state index in [0.29, 0.717) is 17.4 Å². The number of nitrogens with one attached hydrogen (secondary N) is 1. The first kappa shape index (κ1) is 15.9. The number of nitrogens with zero attached hydrogens (tertiary/aromatic N) is 3. The van der Waals surface area contributed by atoms with Crippen molar-refractivity contribution in [2.24, 2.45) is 5.92 Å². The molecule has 0 saturated carbocycles. The lowest BCUT2D eigenvalue weighted by Crippen LogP contribution is -2.39. The average Bonchev–Trinajstić information content (AvgIpc) is 2.57. The summed E-state index contributed by atoms with van der Waals surface area (Å²) < 4.78 is 0.936. The Morgan fingerprint density at radius 3 is 2.74 bits per heavy atom. The van der Waals surface area contributed by atoms with Gasteiger partial charge in [0.25, 0.3) is 5.91 Å². The number of carbonyl (C=O) groups excluding carboxylic acids is 1. The first-order valence-corrected chi connectivity index (χ1v) is 8.55. The average molecular weight is 375 g/mol. The molecule has 0 aliphatic carbocycles. The van der Waals surface area contributed by atoms with Gasteiger partial charge in [-0.3, -0.25) is 4.79 Å². The SMILES string of the molecule is CC1CCCN(C(=O)c2cnc(Nc3ccccc3Br)nc2)C1. The van der Waals surface area contributed by atoms with E-state index in [9.17, 15) is 4.79 Å². The number of para-hydroxylation sites is 1. The summed E-state index contributed by atoms with van der Waals surface area (Å²) in [6.45, 7) is 3.82. The molecule has 2 heterocycles. The summed E-state index contributed by atoms with van der Waals surface area (Å²) >= 11 is 3.47. The van der Waals surface area contributed by atoms with Crippen molar-refractivity contribution >= 4 is 33.5 Å². The van der Waals surface area contributed by atoms with Crippen LogP contribution in [0.1, 0.15) is 30.1 Å². The molecular formula is C17H19BrN4O. The minimum absolute atomic E-state index is 0.0176. The van der Waals surface area contributed by atoms with Crippen molar-refractivity contribution in [1.29, 1.82) is 0 Å². The number of aromatic nitrogens is 2. The van der Waals surface area contributed by atoms with Gasteiger partial charge < -0.3 is 10.2 Å². The van der Waals surface area contributed by atoms with E-state index >= 15 is 0 Å². The highest BCUT2D eigenvalue weighted by molar-refractivity contribution is 9.10. The Kier molecular flexibility index (Phi) is 4.91. The third-order valence-electron chi connectivity index (χ3n) is 3.96. The van der Waals surface area contributed by atoms with Gasteiger partial charge in [-0.25, -0.2) is 9.97 Å². The molecule has 1 aliphatic heterocycles. The van der Waals surface area contributed by atoms with E-state index in [-0.39, 0.29) is 5.91 Å². The van der Waals surface area contributed by atoms with Crippen molar-refractivity contribution in [2.75, 3.05) is 18.4 Å². The molecule has 120 valence electrons. The number of rotatable bonds is 3. The van der Waals surface area contributed by atoms with Crippen LogP contribution in [0.2, 0.25) is 0 Å². The minimum atomic E-state index is 0.0176. The van der Waals surface area contributed by atoms with Crippen LogP contribution in [0.3, 0.4) is 0 Å². The summed E-state index contributed by atoms with van der Waals surface area (Å²) in [5.41, 5.74) is 1.42. The van der Waals surface area contributed by atoms with Crippen LogP contribution in [0.4, 0.5) is 11.6 Å². The standard InChI is InChI=1S/C17H19BrN4O/c1-12-5-4-8-22(11-12)16(23)13-9-19-17(20-10-13)21-15-7-3-2-6-14(15)18/h2-3,6-7,9-10,12H,4-5,8,11H2,1H3,(H,19,20,21). The Morgan fingerprint density at radius 2 is 2.04 bits per heavy atom. The van der Waals surface area contributed by atoms with E-state index in [1.807, 2.05) is 29.2 Å². The molecule has 0 bridgehead atoms. The number of halogens is 1. The molecule has 1 amide bonds. The molecular weight excluding hydrogens is 356 g/mol. The second kappa shape index (κ2) is 7.08. The summed E-state index contributed by atoms with van der Waals surface area (Å²) in [6.07, 6.45) is 5.44. The van der Waals surface area contributed by atoms with Gasteiger partial charge in [0.1, 0.15) is 0 Å². The van der Waals surface area contributed by atoms with Crippen molar-refractivity contribution in [3.05, 3.63) is 46.7 Å². The molecule has 0 spiro atoms. The smallest absolute Gasteiger partial charge is 0.257 e. The lowest BCUT2D eigenvalue weighted by Gasteiger charge is -2.30. The lowest BCUT2D eigenvalue weighted by atomic mass is 10.00. The zero-order valence-corrected chi connectivity index (χ0v) is 14.6. The number of hydrogen-bond donors (Lipinski definition) is 1. The molecule has 1 fully saturated rings. The molecule has 1 atom stereocenters. The molecule has 23 heavy (non-hydrogen) atoms. The molecule has 1 unspecified atom stereocenters. The number of benzene rings is 1. The van der Waals surface area contributed by atoms with Crippen LogP contribution in [-0.4, -0.2) is 33.9 Å². The van der Waals surface area contributed by atoms with Crippen molar-refractivity contribution < 1.29 is 4.79 Å². The largest absolute Gasteiger partial charge is 0.338 e. The third kappa shape index (κ3) is 3.88. The van der Waals surface area contributed by atoms with Gasteiger partial charge in [-0.1, -0.05) is 19.1 Å². The van der Waals surface area contributed by atoms with Crippen LogP contribution in [-0.2, 0) is 0 Å². The molecule has 1 saturated heterocycles. The van der Waals surface area contributed by atoms with Gasteiger partial charge in [0.2, 0.25) is 5.95 Å². The molecule has 1 N–H and O–H groups in total. The van der Waals surface area contributed by atoms with E-state index in [1.54, 1.807) is 12.4 Å². The number of likely N-dealkylation sites (tertiary alicyclic amines) is 1. The van der Waals surface area contributed by atoms with Gasteiger partial charge in [0.05, 0.1) is 11.3 Å². The van der Waals surface area contributed by atoms with Crippen molar-refractivity contribution in [1.82, 2.24) is 14.9 Å². The zero-order chi connectivity index (χ0) is 16.2. The molecule has 3 rings (SSSR count). The maximum atomic E-state index is 12.5. The summed E-state index contributed by atoms with van der Waals surface area (Å²) in [5, 5.41) is 3.13. The highest BCUT2D eigenvalue weighted by Gasteiger charge is 2.22. The normalized spacial score (nSPS) is 17.8. The monoisotopic (exact) mass is 374 g/mol. The van der Waals surface area contributed by atoms with Gasteiger partial charge in [-0.05, 0) is 46.8 Å². The Labute approximate surface area is 144 Å². The molecule has 5 nitrogen and oxygen atoms in total. The first-order chi connectivity index (χ1) is 11.1. The lowest BCUT2D eigenvalue weighted by molar-refractivity contribution is 0.0682. The molecule has 2 aromatic rings.